The highest BCUT2D eigenvalue weighted by molar-refractivity contribution is 7.88. The maximum atomic E-state index is 12.5. The number of piperidine rings is 1. The molecule has 116 valence electrons. The molecule has 1 aromatic carbocycles. The highest BCUT2D eigenvalue weighted by Crippen LogP contribution is 2.22. The Balaban J connectivity index is 2.04. The van der Waals surface area contributed by atoms with E-state index in [1.807, 2.05) is 18.2 Å². The lowest BCUT2D eigenvalue weighted by molar-refractivity contribution is -0.149. The van der Waals surface area contributed by atoms with Crippen molar-refractivity contribution in [1.29, 1.82) is 0 Å². The van der Waals surface area contributed by atoms with Gasteiger partial charge >= 0.3 is 5.97 Å². The van der Waals surface area contributed by atoms with E-state index in [0.29, 0.717) is 26.0 Å². The van der Waals surface area contributed by atoms with Gasteiger partial charge in [0.05, 0.1) is 18.3 Å². The third-order valence-electron chi connectivity index (χ3n) is 3.59. The number of esters is 1. The number of hydrogen-bond donors (Lipinski definition) is 0. The summed E-state index contributed by atoms with van der Waals surface area (Å²) in [6.07, 6.45) is 1.38. The fourth-order valence-electron chi connectivity index (χ4n) is 2.52. The average molecular weight is 311 g/mol. The van der Waals surface area contributed by atoms with Crippen LogP contribution >= 0.6 is 0 Å². The van der Waals surface area contributed by atoms with Gasteiger partial charge in [0.15, 0.2) is 0 Å². The molecule has 1 aromatic rings. The molecule has 2 rings (SSSR count). The van der Waals surface area contributed by atoms with E-state index in [2.05, 4.69) is 0 Å². The minimum absolute atomic E-state index is 0.0244. The molecule has 1 atom stereocenters. The van der Waals surface area contributed by atoms with Gasteiger partial charge in [0, 0.05) is 13.1 Å². The summed E-state index contributed by atoms with van der Waals surface area (Å²) in [6.45, 7) is 2.79. The van der Waals surface area contributed by atoms with E-state index in [1.165, 1.54) is 4.31 Å². The molecule has 0 bridgehead atoms. The first-order valence-corrected chi connectivity index (χ1v) is 8.82. The molecule has 0 saturated carbocycles. The van der Waals surface area contributed by atoms with Gasteiger partial charge in [-0.15, -0.1) is 0 Å². The third-order valence-corrected chi connectivity index (χ3v) is 5.41. The van der Waals surface area contributed by atoms with Crippen molar-refractivity contribution in [3.8, 4) is 0 Å². The maximum absolute atomic E-state index is 12.5. The fourth-order valence-corrected chi connectivity index (χ4v) is 4.13. The van der Waals surface area contributed by atoms with E-state index in [4.69, 9.17) is 4.74 Å². The molecule has 1 aliphatic rings. The lowest BCUT2D eigenvalue weighted by Gasteiger charge is -2.30. The van der Waals surface area contributed by atoms with Gasteiger partial charge in [-0.1, -0.05) is 30.3 Å². The molecule has 0 aromatic heterocycles. The summed E-state index contributed by atoms with van der Waals surface area (Å²) in [6, 6.07) is 9.09. The second-order valence-electron chi connectivity index (χ2n) is 5.19. The van der Waals surface area contributed by atoms with E-state index in [0.717, 1.165) is 5.56 Å². The lowest BCUT2D eigenvalue weighted by atomic mass is 10.0. The van der Waals surface area contributed by atoms with Crippen molar-refractivity contribution in [2.45, 2.75) is 25.5 Å². The lowest BCUT2D eigenvalue weighted by Crippen LogP contribution is -2.43. The van der Waals surface area contributed by atoms with Crippen LogP contribution in [0.1, 0.15) is 25.3 Å². The van der Waals surface area contributed by atoms with Gasteiger partial charge in [-0.2, -0.15) is 0 Å². The van der Waals surface area contributed by atoms with Crippen molar-refractivity contribution in [3.05, 3.63) is 35.9 Å². The molecule has 1 aliphatic heterocycles. The topological polar surface area (TPSA) is 63.7 Å². The third kappa shape index (κ3) is 4.28. The maximum Gasteiger partial charge on any atom is 0.310 e. The first-order valence-electron chi connectivity index (χ1n) is 7.21. The van der Waals surface area contributed by atoms with Crippen LogP contribution in [0.3, 0.4) is 0 Å². The normalized spacial score (nSPS) is 20.1. The van der Waals surface area contributed by atoms with Gasteiger partial charge in [-0.25, -0.2) is 12.7 Å². The summed E-state index contributed by atoms with van der Waals surface area (Å²) in [7, 11) is -3.39. The summed E-state index contributed by atoms with van der Waals surface area (Å²) < 4.78 is 31.3. The zero-order chi connectivity index (χ0) is 15.3. The number of rotatable bonds is 5. The molecule has 0 unspecified atom stereocenters. The molecule has 21 heavy (non-hydrogen) atoms. The van der Waals surface area contributed by atoms with Gasteiger partial charge in [-0.3, -0.25) is 4.79 Å². The SMILES string of the molecule is CCOC(=O)[C@@H]1CCCN(S(=O)(=O)Cc2ccccc2)C1. The Hall–Kier alpha value is -1.40. The largest absolute Gasteiger partial charge is 0.466 e. The number of hydrogen-bond acceptors (Lipinski definition) is 4. The molecule has 5 nitrogen and oxygen atoms in total. The monoisotopic (exact) mass is 311 g/mol. The molecule has 0 N–H and O–H groups in total. The molecule has 0 radical (unpaired) electrons. The predicted molar refractivity (Wildman–Crippen MR) is 80.0 cm³/mol. The van der Waals surface area contributed by atoms with Crippen LogP contribution in [0.5, 0.6) is 0 Å². The van der Waals surface area contributed by atoms with Crippen molar-refractivity contribution in [2.24, 2.45) is 5.92 Å². The Bertz CT molecular complexity index is 571. The van der Waals surface area contributed by atoms with Crippen molar-refractivity contribution in [1.82, 2.24) is 4.31 Å². The van der Waals surface area contributed by atoms with E-state index >= 15 is 0 Å². The number of ether oxygens (including phenoxy) is 1. The molecule has 1 heterocycles. The Labute approximate surface area is 126 Å². The number of benzene rings is 1. The Morgan fingerprint density at radius 2 is 2.05 bits per heavy atom. The minimum atomic E-state index is -3.39. The molecular formula is C15H21NO4S. The Morgan fingerprint density at radius 1 is 1.33 bits per heavy atom. The van der Waals surface area contributed by atoms with Crippen LogP contribution in [0.2, 0.25) is 0 Å². The van der Waals surface area contributed by atoms with Gasteiger partial charge < -0.3 is 4.74 Å². The first-order chi connectivity index (χ1) is 10.0. The van der Waals surface area contributed by atoms with Crippen molar-refractivity contribution < 1.29 is 17.9 Å². The summed E-state index contributed by atoms with van der Waals surface area (Å²) in [5, 5.41) is 0. The quantitative estimate of drug-likeness (QED) is 0.778. The summed E-state index contributed by atoms with van der Waals surface area (Å²) in [4.78, 5) is 11.8. The van der Waals surface area contributed by atoms with Gasteiger partial charge in [0.1, 0.15) is 0 Å². The number of nitrogens with zero attached hydrogens (tertiary/aromatic N) is 1. The molecule has 0 amide bonds. The molecule has 1 fully saturated rings. The van der Waals surface area contributed by atoms with Crippen LogP contribution in [0, 0.1) is 5.92 Å². The smallest absolute Gasteiger partial charge is 0.310 e. The van der Waals surface area contributed by atoms with Crippen molar-refractivity contribution in [2.75, 3.05) is 19.7 Å². The van der Waals surface area contributed by atoms with E-state index in [9.17, 15) is 13.2 Å². The van der Waals surface area contributed by atoms with Crippen LogP contribution in [-0.4, -0.2) is 38.4 Å². The zero-order valence-electron chi connectivity index (χ0n) is 12.2. The van der Waals surface area contributed by atoms with Crippen LogP contribution < -0.4 is 0 Å². The number of sulfonamides is 1. The Morgan fingerprint density at radius 3 is 2.71 bits per heavy atom. The van der Waals surface area contributed by atoms with Crippen LogP contribution in [-0.2, 0) is 25.3 Å². The van der Waals surface area contributed by atoms with Gasteiger partial charge in [0.2, 0.25) is 10.0 Å². The van der Waals surface area contributed by atoms with Crippen LogP contribution in [0.15, 0.2) is 30.3 Å². The highest BCUT2D eigenvalue weighted by Gasteiger charge is 2.32. The molecule has 6 heteroatoms. The summed E-state index contributed by atoms with van der Waals surface area (Å²) in [5.74, 6) is -0.662. The second-order valence-corrected chi connectivity index (χ2v) is 7.16. The van der Waals surface area contributed by atoms with Crippen LogP contribution in [0.25, 0.3) is 0 Å². The summed E-state index contributed by atoms with van der Waals surface area (Å²) in [5.41, 5.74) is 0.760. The first kappa shape index (κ1) is 16.0. The molecule has 0 spiro atoms. The average Bonchev–Trinajstić information content (AvgIpc) is 2.48. The van der Waals surface area contributed by atoms with Crippen molar-refractivity contribution in [3.63, 3.8) is 0 Å². The zero-order valence-corrected chi connectivity index (χ0v) is 13.0. The van der Waals surface area contributed by atoms with Crippen LogP contribution in [0.4, 0.5) is 0 Å². The standard InChI is InChI=1S/C15H21NO4S/c1-2-20-15(17)14-9-6-10-16(11-14)21(18,19)12-13-7-4-3-5-8-13/h3-5,7-8,14H,2,6,9-12H2,1H3/t14-/m1/s1. The predicted octanol–water partition coefficient (Wildman–Crippen LogP) is 1.79. The van der Waals surface area contributed by atoms with Gasteiger partial charge in [0.25, 0.3) is 0 Å². The summed E-state index contributed by atoms with van der Waals surface area (Å²) >= 11 is 0. The van der Waals surface area contributed by atoms with Crippen molar-refractivity contribution >= 4 is 16.0 Å². The van der Waals surface area contributed by atoms with E-state index in [-0.39, 0.29) is 24.2 Å². The Kier molecular flexibility index (Phi) is 5.36. The number of carbonyl (C=O) groups is 1. The molecule has 1 saturated heterocycles. The fraction of sp³-hybridized carbons (Fsp3) is 0.533. The minimum Gasteiger partial charge on any atom is -0.466 e. The van der Waals surface area contributed by atoms with E-state index < -0.39 is 10.0 Å². The molecular weight excluding hydrogens is 290 g/mol. The van der Waals surface area contributed by atoms with Gasteiger partial charge in [-0.05, 0) is 25.3 Å². The number of carbonyl (C=O) groups excluding carboxylic acids is 1. The van der Waals surface area contributed by atoms with E-state index in [1.54, 1.807) is 19.1 Å². The highest BCUT2D eigenvalue weighted by atomic mass is 32.2. The molecule has 0 aliphatic carbocycles. The second kappa shape index (κ2) is 7.04.